The van der Waals surface area contributed by atoms with Crippen LogP contribution in [0.15, 0.2) is 158 Å². The third-order valence-electron chi connectivity index (χ3n) is 9.12. The highest BCUT2D eigenvalue weighted by Crippen LogP contribution is 2.49. The second kappa shape index (κ2) is 9.96. The van der Waals surface area contributed by atoms with Gasteiger partial charge in [0.1, 0.15) is 0 Å². The van der Waals surface area contributed by atoms with E-state index in [0.29, 0.717) is 0 Å². The Morgan fingerprint density at radius 3 is 2.30 bits per heavy atom. The van der Waals surface area contributed by atoms with Crippen molar-refractivity contribution in [2.45, 2.75) is 12.5 Å². The number of nitrogens with zero attached hydrogens (tertiary/aromatic N) is 3. The van der Waals surface area contributed by atoms with Crippen molar-refractivity contribution < 1.29 is 0 Å². The summed E-state index contributed by atoms with van der Waals surface area (Å²) in [5.41, 5.74) is 13.5. The highest BCUT2D eigenvalue weighted by Gasteiger charge is 2.36. The summed E-state index contributed by atoms with van der Waals surface area (Å²) in [5, 5.41) is 2.56. The van der Waals surface area contributed by atoms with Crippen LogP contribution in [0.25, 0.3) is 49.9 Å². The molecule has 7 aromatic rings. The molecule has 9 rings (SSSR count). The van der Waals surface area contributed by atoms with Crippen molar-refractivity contribution >= 4 is 44.3 Å². The monoisotopic (exact) mass is 563 g/mol. The molecular weight excluding hydrogens is 534 g/mol. The van der Waals surface area contributed by atoms with Crippen LogP contribution in [-0.4, -0.2) is 15.6 Å². The third kappa shape index (κ3) is 3.86. The maximum Gasteiger partial charge on any atom is 0.0702 e. The van der Waals surface area contributed by atoms with Crippen LogP contribution < -0.4 is 4.90 Å². The summed E-state index contributed by atoms with van der Waals surface area (Å²) < 4.78 is 2.38. The number of anilines is 2. The number of fused-ring (bicyclic) bond motifs is 6. The van der Waals surface area contributed by atoms with Crippen LogP contribution in [0.4, 0.5) is 11.4 Å². The average Bonchev–Trinajstić information content (AvgIpc) is 3.61. The number of rotatable bonds is 4. The minimum atomic E-state index is 0.249. The van der Waals surface area contributed by atoms with Gasteiger partial charge in [0.2, 0.25) is 0 Å². The molecule has 3 heterocycles. The fourth-order valence-corrected chi connectivity index (χ4v) is 7.16. The highest BCUT2D eigenvalue weighted by atomic mass is 15.2. The van der Waals surface area contributed by atoms with Crippen molar-refractivity contribution in [2.24, 2.45) is 0 Å². The van der Waals surface area contributed by atoms with Gasteiger partial charge in [-0.05, 0) is 89.9 Å². The molecule has 0 amide bonds. The number of hydrogen-bond donors (Lipinski definition) is 0. The van der Waals surface area contributed by atoms with Crippen molar-refractivity contribution in [3.8, 4) is 16.9 Å². The highest BCUT2D eigenvalue weighted by molar-refractivity contribution is 6.10. The molecule has 1 aliphatic heterocycles. The summed E-state index contributed by atoms with van der Waals surface area (Å²) >= 11 is 0. The number of para-hydroxylation sites is 3. The summed E-state index contributed by atoms with van der Waals surface area (Å²) in [4.78, 5) is 7.12. The van der Waals surface area contributed by atoms with Crippen LogP contribution >= 0.6 is 0 Å². The Labute approximate surface area is 256 Å². The van der Waals surface area contributed by atoms with Gasteiger partial charge in [-0.15, -0.1) is 0 Å². The Hall–Kier alpha value is -5.67. The van der Waals surface area contributed by atoms with Crippen LogP contribution in [-0.2, 0) is 0 Å². The Balaban J connectivity index is 1.14. The van der Waals surface area contributed by atoms with Gasteiger partial charge in [-0.2, -0.15) is 0 Å². The first-order valence-corrected chi connectivity index (χ1v) is 15.2. The van der Waals surface area contributed by atoms with E-state index >= 15 is 0 Å². The lowest BCUT2D eigenvalue weighted by atomic mass is 9.89. The molecule has 44 heavy (non-hydrogen) atoms. The van der Waals surface area contributed by atoms with Gasteiger partial charge in [-0.3, -0.25) is 4.98 Å². The van der Waals surface area contributed by atoms with Crippen molar-refractivity contribution in [1.82, 2.24) is 9.55 Å². The molecular formula is C41H29N3. The normalized spacial score (nSPS) is 15.6. The van der Waals surface area contributed by atoms with Crippen LogP contribution in [0, 0.1) is 0 Å². The Kier molecular flexibility index (Phi) is 5.63. The molecule has 0 fully saturated rings. The molecule has 0 bridgehead atoms. The molecule has 3 heteroatoms. The SMILES string of the molecule is C1=C(c2ccc3c(c2)c2ccccc2n3-c2ccccc2)C=C2c3ccccc3N(c3cccc(-c4ccccn4)c3)C2C1. The minimum Gasteiger partial charge on any atom is -0.333 e. The summed E-state index contributed by atoms with van der Waals surface area (Å²) in [6.07, 6.45) is 7.64. The van der Waals surface area contributed by atoms with Gasteiger partial charge in [-0.1, -0.05) is 84.9 Å². The van der Waals surface area contributed by atoms with Gasteiger partial charge in [0.25, 0.3) is 0 Å². The molecule has 5 aromatic carbocycles. The number of aromatic nitrogens is 2. The minimum absolute atomic E-state index is 0.249. The quantitative estimate of drug-likeness (QED) is 0.212. The van der Waals surface area contributed by atoms with E-state index in [2.05, 4.69) is 154 Å². The van der Waals surface area contributed by atoms with Gasteiger partial charge in [0.15, 0.2) is 0 Å². The molecule has 0 saturated carbocycles. The molecule has 0 N–H and O–H groups in total. The summed E-state index contributed by atoms with van der Waals surface area (Å²) in [6, 6.07) is 50.3. The number of hydrogen-bond acceptors (Lipinski definition) is 2. The second-order valence-electron chi connectivity index (χ2n) is 11.6. The van der Waals surface area contributed by atoms with E-state index in [1.165, 1.54) is 61.1 Å². The van der Waals surface area contributed by atoms with Crippen molar-refractivity contribution in [2.75, 3.05) is 4.90 Å². The zero-order chi connectivity index (χ0) is 29.0. The lowest BCUT2D eigenvalue weighted by Gasteiger charge is -2.30. The van der Waals surface area contributed by atoms with Crippen molar-refractivity contribution in [3.63, 3.8) is 0 Å². The van der Waals surface area contributed by atoms with Gasteiger partial charge in [0, 0.05) is 45.2 Å². The summed E-state index contributed by atoms with van der Waals surface area (Å²) in [5.74, 6) is 0. The lowest BCUT2D eigenvalue weighted by Crippen LogP contribution is -2.27. The van der Waals surface area contributed by atoms with E-state index in [4.69, 9.17) is 0 Å². The van der Waals surface area contributed by atoms with E-state index in [0.717, 1.165) is 17.7 Å². The molecule has 208 valence electrons. The summed E-state index contributed by atoms with van der Waals surface area (Å²) in [6.45, 7) is 0. The molecule has 2 aliphatic rings. The maximum atomic E-state index is 4.60. The van der Waals surface area contributed by atoms with Crippen LogP contribution in [0.2, 0.25) is 0 Å². The first-order chi connectivity index (χ1) is 21.8. The van der Waals surface area contributed by atoms with Crippen molar-refractivity contribution in [3.05, 3.63) is 169 Å². The maximum absolute atomic E-state index is 4.60. The Morgan fingerprint density at radius 2 is 1.39 bits per heavy atom. The van der Waals surface area contributed by atoms with E-state index in [1.807, 2.05) is 18.3 Å². The molecule has 0 spiro atoms. The topological polar surface area (TPSA) is 21.1 Å². The largest absolute Gasteiger partial charge is 0.333 e. The van der Waals surface area contributed by atoms with Crippen LogP contribution in [0.1, 0.15) is 17.5 Å². The summed E-state index contributed by atoms with van der Waals surface area (Å²) in [7, 11) is 0. The van der Waals surface area contributed by atoms with E-state index in [9.17, 15) is 0 Å². The molecule has 3 nitrogen and oxygen atoms in total. The number of benzene rings is 5. The average molecular weight is 564 g/mol. The van der Waals surface area contributed by atoms with E-state index in [1.54, 1.807) is 0 Å². The zero-order valence-electron chi connectivity index (χ0n) is 24.1. The Morgan fingerprint density at radius 1 is 0.591 bits per heavy atom. The fraction of sp³-hybridized carbons (Fsp3) is 0.0488. The molecule has 2 aromatic heterocycles. The molecule has 1 atom stereocenters. The fourth-order valence-electron chi connectivity index (χ4n) is 7.16. The predicted molar refractivity (Wildman–Crippen MR) is 183 cm³/mol. The molecule has 0 radical (unpaired) electrons. The predicted octanol–water partition coefficient (Wildman–Crippen LogP) is 10.2. The smallest absolute Gasteiger partial charge is 0.0702 e. The molecule has 1 unspecified atom stereocenters. The van der Waals surface area contributed by atoms with Crippen LogP contribution in [0.5, 0.6) is 0 Å². The molecule has 0 saturated heterocycles. The van der Waals surface area contributed by atoms with Crippen LogP contribution in [0.3, 0.4) is 0 Å². The molecule has 1 aliphatic carbocycles. The van der Waals surface area contributed by atoms with Gasteiger partial charge in [0.05, 0.1) is 22.8 Å². The lowest BCUT2D eigenvalue weighted by molar-refractivity contribution is 0.831. The third-order valence-corrected chi connectivity index (χ3v) is 9.12. The van der Waals surface area contributed by atoms with Gasteiger partial charge < -0.3 is 9.47 Å². The Bertz CT molecular complexity index is 2260. The zero-order valence-corrected chi connectivity index (χ0v) is 24.1. The van der Waals surface area contributed by atoms with E-state index in [-0.39, 0.29) is 6.04 Å². The second-order valence-corrected chi connectivity index (χ2v) is 11.6. The standard InChI is InChI=1S/C41H29N3/c1-2-12-31(13-3-1)43-38-18-6-4-15-33(38)35-26-28(20-22-40(35)43)29-21-23-41-36(27-29)34-16-5-7-19-39(34)44(41)32-14-10-11-30(25-32)37-17-8-9-24-42-37/h1-22,24-27,41H,23H2. The first-order valence-electron chi connectivity index (χ1n) is 15.2. The number of allylic oxidation sites excluding steroid dienone is 2. The number of pyridine rings is 1. The van der Waals surface area contributed by atoms with E-state index < -0.39 is 0 Å². The van der Waals surface area contributed by atoms with Gasteiger partial charge in [-0.25, -0.2) is 0 Å². The van der Waals surface area contributed by atoms with Gasteiger partial charge >= 0.3 is 0 Å². The first kappa shape index (κ1) is 24.9. The van der Waals surface area contributed by atoms with Crippen molar-refractivity contribution in [1.29, 1.82) is 0 Å².